The second-order valence-electron chi connectivity index (χ2n) is 4.70. The summed E-state index contributed by atoms with van der Waals surface area (Å²) in [4.78, 5) is 14.1. The molecular weight excluding hydrogens is 247 g/mol. The van der Waals surface area contributed by atoms with E-state index < -0.39 is 0 Å². The predicted octanol–water partition coefficient (Wildman–Crippen LogP) is 0.944. The monoisotopic (exact) mass is 266 g/mol. The molecule has 4 nitrogen and oxygen atoms in total. The van der Waals surface area contributed by atoms with Crippen LogP contribution in [-0.2, 0) is 16.0 Å². The molecule has 1 fully saturated rings. The predicted molar refractivity (Wildman–Crippen MR) is 70.1 cm³/mol. The second kappa shape index (κ2) is 6.63. The van der Waals surface area contributed by atoms with Crippen LogP contribution in [-0.4, -0.2) is 43.2 Å². The normalized spacial score (nSPS) is 19.5. The second-order valence-corrected chi connectivity index (χ2v) is 4.70. The van der Waals surface area contributed by atoms with Crippen LogP contribution in [0.2, 0.25) is 0 Å². The SMILES string of the molecule is NCCC1COCCN1C(=O)Cc1ccc(F)cc1. The van der Waals surface area contributed by atoms with Crippen molar-refractivity contribution in [3.8, 4) is 0 Å². The standard InChI is InChI=1S/C14H19FN2O2/c15-12-3-1-11(2-4-12)9-14(18)17-7-8-19-10-13(17)5-6-16/h1-4,13H,5-10,16H2. The Balaban J connectivity index is 1.99. The largest absolute Gasteiger partial charge is 0.377 e. The van der Waals surface area contributed by atoms with E-state index in [4.69, 9.17) is 10.5 Å². The summed E-state index contributed by atoms with van der Waals surface area (Å²) in [6.07, 6.45) is 1.04. The highest BCUT2D eigenvalue weighted by atomic mass is 19.1. The number of ether oxygens (including phenoxy) is 1. The van der Waals surface area contributed by atoms with Crippen molar-refractivity contribution >= 4 is 5.91 Å². The Bertz CT molecular complexity index is 420. The van der Waals surface area contributed by atoms with Crippen LogP contribution in [0.3, 0.4) is 0 Å². The summed E-state index contributed by atoms with van der Waals surface area (Å²) < 4.78 is 18.2. The maximum Gasteiger partial charge on any atom is 0.227 e. The van der Waals surface area contributed by atoms with Crippen LogP contribution in [0.25, 0.3) is 0 Å². The zero-order valence-corrected chi connectivity index (χ0v) is 10.8. The fourth-order valence-electron chi connectivity index (χ4n) is 2.29. The Labute approximate surface area is 112 Å². The number of morpholine rings is 1. The Kier molecular flexibility index (Phi) is 4.87. The molecule has 0 saturated carbocycles. The molecule has 1 aliphatic rings. The Morgan fingerprint density at radius 2 is 2.16 bits per heavy atom. The summed E-state index contributed by atoms with van der Waals surface area (Å²) in [5, 5.41) is 0. The minimum absolute atomic E-state index is 0.0494. The molecule has 1 atom stereocenters. The zero-order valence-electron chi connectivity index (χ0n) is 10.8. The highest BCUT2D eigenvalue weighted by Crippen LogP contribution is 2.13. The molecule has 5 heteroatoms. The summed E-state index contributed by atoms with van der Waals surface area (Å²) in [5.41, 5.74) is 6.38. The molecule has 0 aliphatic carbocycles. The van der Waals surface area contributed by atoms with Gasteiger partial charge in [0.1, 0.15) is 5.82 Å². The van der Waals surface area contributed by atoms with E-state index in [0.717, 1.165) is 12.0 Å². The molecule has 1 saturated heterocycles. The molecule has 2 N–H and O–H groups in total. The van der Waals surface area contributed by atoms with Gasteiger partial charge in [0, 0.05) is 6.54 Å². The summed E-state index contributed by atoms with van der Waals surface area (Å²) in [7, 11) is 0. The van der Waals surface area contributed by atoms with Crippen molar-refractivity contribution in [1.82, 2.24) is 4.90 Å². The number of nitrogens with two attached hydrogens (primary N) is 1. The summed E-state index contributed by atoms with van der Waals surface area (Å²) >= 11 is 0. The van der Waals surface area contributed by atoms with Crippen LogP contribution in [0.5, 0.6) is 0 Å². The number of halogens is 1. The van der Waals surface area contributed by atoms with E-state index in [1.54, 1.807) is 12.1 Å². The maximum absolute atomic E-state index is 12.8. The number of nitrogens with zero attached hydrogens (tertiary/aromatic N) is 1. The molecular formula is C14H19FN2O2. The fourth-order valence-corrected chi connectivity index (χ4v) is 2.29. The molecule has 1 amide bonds. The minimum Gasteiger partial charge on any atom is -0.377 e. The van der Waals surface area contributed by atoms with Crippen molar-refractivity contribution < 1.29 is 13.9 Å². The van der Waals surface area contributed by atoms with Crippen molar-refractivity contribution in [2.75, 3.05) is 26.3 Å². The molecule has 1 heterocycles. The number of carbonyl (C=O) groups is 1. The molecule has 1 aliphatic heterocycles. The Morgan fingerprint density at radius 3 is 2.84 bits per heavy atom. The lowest BCUT2D eigenvalue weighted by Gasteiger charge is -2.35. The van der Waals surface area contributed by atoms with Gasteiger partial charge in [-0.25, -0.2) is 4.39 Å². The number of benzene rings is 1. The van der Waals surface area contributed by atoms with E-state index in [0.29, 0.717) is 32.7 Å². The molecule has 0 spiro atoms. The summed E-state index contributed by atoms with van der Waals surface area (Å²) in [6, 6.07) is 6.10. The third-order valence-electron chi connectivity index (χ3n) is 3.32. The highest BCUT2D eigenvalue weighted by Gasteiger charge is 2.26. The van der Waals surface area contributed by atoms with Crippen molar-refractivity contribution in [3.05, 3.63) is 35.6 Å². The van der Waals surface area contributed by atoms with Gasteiger partial charge in [-0.15, -0.1) is 0 Å². The van der Waals surface area contributed by atoms with Crippen LogP contribution in [0.15, 0.2) is 24.3 Å². The van der Waals surface area contributed by atoms with Gasteiger partial charge in [-0.2, -0.15) is 0 Å². The number of rotatable bonds is 4. The molecule has 1 unspecified atom stereocenters. The molecule has 0 bridgehead atoms. The van der Waals surface area contributed by atoms with Crippen LogP contribution in [0.1, 0.15) is 12.0 Å². The quantitative estimate of drug-likeness (QED) is 0.882. The van der Waals surface area contributed by atoms with Gasteiger partial charge in [0.05, 0.1) is 25.7 Å². The van der Waals surface area contributed by atoms with Crippen LogP contribution < -0.4 is 5.73 Å². The van der Waals surface area contributed by atoms with Gasteiger partial charge in [0.25, 0.3) is 0 Å². The van der Waals surface area contributed by atoms with Gasteiger partial charge >= 0.3 is 0 Å². The van der Waals surface area contributed by atoms with E-state index in [-0.39, 0.29) is 17.8 Å². The third kappa shape index (κ3) is 3.75. The molecule has 2 rings (SSSR count). The lowest BCUT2D eigenvalue weighted by atomic mass is 10.1. The number of amides is 1. The van der Waals surface area contributed by atoms with Gasteiger partial charge in [-0.1, -0.05) is 12.1 Å². The number of carbonyl (C=O) groups excluding carboxylic acids is 1. The number of hydrogen-bond acceptors (Lipinski definition) is 3. The molecule has 19 heavy (non-hydrogen) atoms. The number of hydrogen-bond donors (Lipinski definition) is 1. The van der Waals surface area contributed by atoms with Crippen molar-refractivity contribution in [2.45, 2.75) is 18.9 Å². The molecule has 1 aromatic rings. The highest BCUT2D eigenvalue weighted by molar-refractivity contribution is 5.79. The zero-order chi connectivity index (χ0) is 13.7. The molecule has 0 radical (unpaired) electrons. The summed E-state index contributed by atoms with van der Waals surface area (Å²) in [6.45, 7) is 2.25. The average molecular weight is 266 g/mol. The van der Waals surface area contributed by atoms with Gasteiger partial charge in [-0.05, 0) is 30.7 Å². The van der Waals surface area contributed by atoms with Crippen LogP contribution >= 0.6 is 0 Å². The van der Waals surface area contributed by atoms with Crippen molar-refractivity contribution in [3.63, 3.8) is 0 Å². The van der Waals surface area contributed by atoms with E-state index in [1.165, 1.54) is 12.1 Å². The Morgan fingerprint density at radius 1 is 1.42 bits per heavy atom. The smallest absolute Gasteiger partial charge is 0.227 e. The lowest BCUT2D eigenvalue weighted by Crippen LogP contribution is -2.50. The lowest BCUT2D eigenvalue weighted by molar-refractivity contribution is -0.139. The van der Waals surface area contributed by atoms with E-state index in [2.05, 4.69) is 0 Å². The molecule has 104 valence electrons. The third-order valence-corrected chi connectivity index (χ3v) is 3.32. The van der Waals surface area contributed by atoms with Gasteiger partial charge in [-0.3, -0.25) is 4.79 Å². The fraction of sp³-hybridized carbons (Fsp3) is 0.500. The van der Waals surface area contributed by atoms with E-state index in [9.17, 15) is 9.18 Å². The van der Waals surface area contributed by atoms with Crippen LogP contribution in [0.4, 0.5) is 4.39 Å². The van der Waals surface area contributed by atoms with Gasteiger partial charge in [0.15, 0.2) is 0 Å². The minimum atomic E-state index is -0.288. The first-order valence-corrected chi connectivity index (χ1v) is 6.52. The van der Waals surface area contributed by atoms with Gasteiger partial charge in [0.2, 0.25) is 5.91 Å². The van der Waals surface area contributed by atoms with E-state index in [1.807, 2.05) is 4.90 Å². The van der Waals surface area contributed by atoms with Crippen molar-refractivity contribution in [2.24, 2.45) is 5.73 Å². The van der Waals surface area contributed by atoms with Crippen LogP contribution in [0, 0.1) is 5.82 Å². The molecule has 1 aromatic carbocycles. The van der Waals surface area contributed by atoms with Gasteiger partial charge < -0.3 is 15.4 Å². The average Bonchev–Trinajstić information content (AvgIpc) is 2.42. The first kappa shape index (κ1) is 14.0. The Hall–Kier alpha value is -1.46. The molecule has 0 aromatic heterocycles. The maximum atomic E-state index is 12.8. The van der Waals surface area contributed by atoms with Crippen molar-refractivity contribution in [1.29, 1.82) is 0 Å². The van der Waals surface area contributed by atoms with E-state index >= 15 is 0 Å². The first-order valence-electron chi connectivity index (χ1n) is 6.52. The first-order chi connectivity index (χ1) is 9.20. The topological polar surface area (TPSA) is 55.6 Å². The summed E-state index contributed by atoms with van der Waals surface area (Å²) in [5.74, 6) is -0.239.